The number of nitriles is 1. The minimum atomic E-state index is -1.03. The number of rotatable bonds is 5. The van der Waals surface area contributed by atoms with Gasteiger partial charge in [-0.3, -0.25) is 15.0 Å². The molecule has 8 nitrogen and oxygen atoms in total. The molecule has 0 bridgehead atoms. The number of hydrogen-bond acceptors (Lipinski definition) is 5. The van der Waals surface area contributed by atoms with Gasteiger partial charge in [0.25, 0.3) is 5.69 Å². The minimum absolute atomic E-state index is 0.0480. The molecule has 0 aromatic heterocycles. The van der Waals surface area contributed by atoms with E-state index in [-0.39, 0.29) is 23.6 Å². The van der Waals surface area contributed by atoms with Crippen LogP contribution in [-0.2, 0) is 0 Å². The quantitative estimate of drug-likeness (QED) is 0.643. The lowest BCUT2D eigenvalue weighted by Gasteiger charge is -2.53. The lowest BCUT2D eigenvalue weighted by atomic mass is 9.74. The summed E-state index contributed by atoms with van der Waals surface area (Å²) < 4.78 is 5.72. The molecule has 0 aliphatic heterocycles. The summed E-state index contributed by atoms with van der Waals surface area (Å²) in [6.45, 7) is 5.49. The molecule has 0 unspecified atom stereocenters. The molecule has 1 N–H and O–H groups in total. The fourth-order valence-electron chi connectivity index (χ4n) is 3.34. The number of carbonyl (C=O) groups is 1. The molecule has 8 heteroatoms. The van der Waals surface area contributed by atoms with E-state index in [4.69, 9.17) is 4.74 Å². The normalized spacial score (nSPS) is 15.6. The Morgan fingerprint density at radius 2 is 2.12 bits per heavy atom. The average molecular weight is 347 g/mol. The van der Waals surface area contributed by atoms with Crippen LogP contribution in [0.3, 0.4) is 0 Å². The molecule has 1 aliphatic rings. The Morgan fingerprint density at radius 1 is 1.48 bits per heavy atom. The summed E-state index contributed by atoms with van der Waals surface area (Å²) in [5.41, 5.74) is -1.79. The maximum atomic E-state index is 11.8. The summed E-state index contributed by atoms with van der Waals surface area (Å²) >= 11 is 0. The van der Waals surface area contributed by atoms with E-state index in [2.05, 4.69) is 0 Å². The van der Waals surface area contributed by atoms with Crippen molar-refractivity contribution in [2.24, 2.45) is 0 Å². The number of nitrogens with zero attached hydrogens (tertiary/aromatic N) is 3. The van der Waals surface area contributed by atoms with Gasteiger partial charge in [-0.15, -0.1) is 0 Å². The van der Waals surface area contributed by atoms with Gasteiger partial charge in [-0.25, -0.2) is 4.79 Å². The van der Waals surface area contributed by atoms with Gasteiger partial charge in [0.05, 0.1) is 10.5 Å². The van der Waals surface area contributed by atoms with Gasteiger partial charge in [0, 0.05) is 11.6 Å². The van der Waals surface area contributed by atoms with Crippen molar-refractivity contribution >= 4 is 11.8 Å². The van der Waals surface area contributed by atoms with E-state index >= 15 is 0 Å². The molecule has 1 fully saturated rings. The SMILES string of the molecule is CC(C)(C)N(C(=O)O)C1(COc2cccc([N+](=O)[O-])c2C#N)CCC1. The molecular formula is C17H21N3O5. The van der Waals surface area contributed by atoms with Gasteiger partial charge >= 0.3 is 6.09 Å². The van der Waals surface area contributed by atoms with E-state index in [0.717, 1.165) is 6.42 Å². The number of nitro groups is 1. The Bertz CT molecular complexity index is 729. The van der Waals surface area contributed by atoms with Crippen LogP contribution in [0.1, 0.15) is 45.6 Å². The van der Waals surface area contributed by atoms with E-state index in [9.17, 15) is 25.3 Å². The van der Waals surface area contributed by atoms with Crippen LogP contribution in [-0.4, -0.2) is 38.7 Å². The van der Waals surface area contributed by atoms with Crippen molar-refractivity contribution in [1.29, 1.82) is 5.26 Å². The summed E-state index contributed by atoms with van der Waals surface area (Å²) in [5.74, 6) is 0.0993. The van der Waals surface area contributed by atoms with Gasteiger partial charge in [-0.2, -0.15) is 5.26 Å². The van der Waals surface area contributed by atoms with Crippen molar-refractivity contribution in [3.05, 3.63) is 33.9 Å². The summed E-state index contributed by atoms with van der Waals surface area (Å²) in [6, 6.07) is 5.97. The van der Waals surface area contributed by atoms with Crippen molar-refractivity contribution in [1.82, 2.24) is 4.90 Å². The molecule has 0 saturated heterocycles. The minimum Gasteiger partial charge on any atom is -0.489 e. The topological polar surface area (TPSA) is 117 Å². The molecular weight excluding hydrogens is 326 g/mol. The Hall–Kier alpha value is -2.82. The summed E-state index contributed by atoms with van der Waals surface area (Å²) in [4.78, 5) is 23.6. The van der Waals surface area contributed by atoms with E-state index in [0.29, 0.717) is 12.8 Å². The first-order chi connectivity index (χ1) is 11.6. The number of nitro benzene ring substituents is 1. The number of ether oxygens (including phenoxy) is 1. The second-order valence-corrected chi connectivity index (χ2v) is 7.17. The van der Waals surface area contributed by atoms with E-state index < -0.39 is 22.1 Å². The molecule has 1 aromatic rings. The number of carboxylic acid groups (broad SMARTS) is 1. The first-order valence-electron chi connectivity index (χ1n) is 7.96. The molecule has 0 atom stereocenters. The third-order valence-corrected chi connectivity index (χ3v) is 4.43. The highest BCUT2D eigenvalue weighted by atomic mass is 16.6. The molecule has 1 aromatic carbocycles. The molecule has 1 amide bonds. The number of benzene rings is 1. The van der Waals surface area contributed by atoms with Crippen LogP contribution in [0.25, 0.3) is 0 Å². The van der Waals surface area contributed by atoms with Crippen LogP contribution in [0.15, 0.2) is 18.2 Å². The van der Waals surface area contributed by atoms with Crippen LogP contribution in [0.4, 0.5) is 10.5 Å². The highest BCUT2D eigenvalue weighted by Crippen LogP contribution is 2.42. The Labute approximate surface area is 145 Å². The van der Waals surface area contributed by atoms with Crippen molar-refractivity contribution in [2.75, 3.05) is 6.61 Å². The van der Waals surface area contributed by atoms with Crippen molar-refractivity contribution in [2.45, 2.75) is 51.1 Å². The zero-order chi connectivity index (χ0) is 18.8. The van der Waals surface area contributed by atoms with Gasteiger partial charge in [-0.1, -0.05) is 6.07 Å². The lowest BCUT2D eigenvalue weighted by molar-refractivity contribution is -0.385. The standard InChI is InChI=1S/C17H21N3O5/c1-16(2,3)19(15(21)22)17(8-5-9-17)11-25-14-7-4-6-13(20(23)24)12(14)10-18/h4,6-7H,5,8-9,11H2,1-3H3,(H,21,22). The third kappa shape index (κ3) is 3.50. The summed E-state index contributed by atoms with van der Waals surface area (Å²) in [6.07, 6.45) is 1.14. The first kappa shape index (κ1) is 18.5. The van der Waals surface area contributed by atoms with Crippen LogP contribution >= 0.6 is 0 Å². The van der Waals surface area contributed by atoms with Gasteiger partial charge in [0.2, 0.25) is 0 Å². The second-order valence-electron chi connectivity index (χ2n) is 7.17. The maximum Gasteiger partial charge on any atom is 0.408 e. The Balaban J connectivity index is 2.31. The Morgan fingerprint density at radius 3 is 2.52 bits per heavy atom. The third-order valence-electron chi connectivity index (χ3n) is 4.43. The summed E-state index contributed by atoms with van der Waals surface area (Å²) in [5, 5.41) is 29.9. The molecule has 25 heavy (non-hydrogen) atoms. The van der Waals surface area contributed by atoms with Gasteiger partial charge in [-0.05, 0) is 46.1 Å². The second kappa shape index (κ2) is 6.59. The maximum absolute atomic E-state index is 11.8. The predicted molar refractivity (Wildman–Crippen MR) is 89.5 cm³/mol. The van der Waals surface area contributed by atoms with Gasteiger partial charge < -0.3 is 9.84 Å². The predicted octanol–water partition coefficient (Wildman–Crippen LogP) is 3.55. The largest absolute Gasteiger partial charge is 0.489 e. The highest BCUT2D eigenvalue weighted by molar-refractivity contribution is 5.67. The Kier molecular flexibility index (Phi) is 4.88. The molecule has 134 valence electrons. The molecule has 0 heterocycles. The monoisotopic (exact) mass is 347 g/mol. The van der Waals surface area contributed by atoms with E-state index in [1.807, 2.05) is 20.8 Å². The smallest absolute Gasteiger partial charge is 0.408 e. The first-order valence-corrected chi connectivity index (χ1v) is 7.96. The fourth-order valence-corrected chi connectivity index (χ4v) is 3.34. The molecule has 2 rings (SSSR count). The average Bonchev–Trinajstić information content (AvgIpc) is 2.47. The van der Waals surface area contributed by atoms with Crippen LogP contribution in [0, 0.1) is 21.4 Å². The van der Waals surface area contributed by atoms with E-state index in [1.165, 1.54) is 23.1 Å². The van der Waals surface area contributed by atoms with Crippen molar-refractivity contribution in [3.63, 3.8) is 0 Å². The van der Waals surface area contributed by atoms with Crippen LogP contribution < -0.4 is 4.74 Å². The molecule has 1 saturated carbocycles. The summed E-state index contributed by atoms with van der Waals surface area (Å²) in [7, 11) is 0. The van der Waals surface area contributed by atoms with Crippen LogP contribution in [0.2, 0.25) is 0 Å². The number of hydrogen-bond donors (Lipinski definition) is 1. The molecule has 0 spiro atoms. The van der Waals surface area contributed by atoms with Gasteiger partial charge in [0.1, 0.15) is 18.4 Å². The highest BCUT2D eigenvalue weighted by Gasteiger charge is 2.50. The fraction of sp³-hybridized carbons (Fsp3) is 0.529. The zero-order valence-corrected chi connectivity index (χ0v) is 14.5. The zero-order valence-electron chi connectivity index (χ0n) is 14.5. The molecule has 0 radical (unpaired) electrons. The lowest BCUT2D eigenvalue weighted by Crippen LogP contribution is -2.65. The van der Waals surface area contributed by atoms with Crippen molar-refractivity contribution in [3.8, 4) is 11.8 Å². The van der Waals surface area contributed by atoms with Crippen LogP contribution in [0.5, 0.6) is 5.75 Å². The van der Waals surface area contributed by atoms with Crippen molar-refractivity contribution < 1.29 is 19.6 Å². The van der Waals surface area contributed by atoms with Gasteiger partial charge in [0.15, 0.2) is 5.56 Å². The van der Waals surface area contributed by atoms with E-state index in [1.54, 1.807) is 6.07 Å². The molecule has 1 aliphatic carbocycles. The number of amides is 1.